The van der Waals surface area contributed by atoms with E-state index in [0.29, 0.717) is 24.5 Å². The number of sulfonamides is 1. The number of amides is 2. The predicted molar refractivity (Wildman–Crippen MR) is 160 cm³/mol. The van der Waals surface area contributed by atoms with Gasteiger partial charge in [-0.3, -0.25) is 13.9 Å². The summed E-state index contributed by atoms with van der Waals surface area (Å²) in [6, 6.07) is 17.9. The molecule has 0 radical (unpaired) electrons. The van der Waals surface area contributed by atoms with Crippen LogP contribution in [0.5, 0.6) is 11.5 Å². The molecule has 220 valence electrons. The summed E-state index contributed by atoms with van der Waals surface area (Å²) in [7, 11) is -1.26. The molecular formula is C31H39N3O6S. The lowest BCUT2D eigenvalue weighted by Gasteiger charge is -2.33. The van der Waals surface area contributed by atoms with Crippen LogP contribution in [0.2, 0.25) is 0 Å². The number of likely N-dealkylation sites (N-methyl/N-ethyl adjacent to an activating group) is 1. The number of anilines is 1. The first-order chi connectivity index (χ1) is 19.6. The standard InChI is InChI=1S/C31H39N3O6S/c1-7-27(31(36)32-8-2)33(20-24-12-10-9-11-23(24)4)30(35)21-34(25-15-18-28(39-5)29(19-25)40-6)41(37,38)26-16-13-22(3)14-17-26/h9-19,27H,7-8,20-21H2,1-6H3,(H,32,36)/t27-/m0/s1. The fourth-order valence-corrected chi connectivity index (χ4v) is 5.93. The average molecular weight is 582 g/mol. The van der Waals surface area contributed by atoms with Gasteiger partial charge >= 0.3 is 0 Å². The maximum Gasteiger partial charge on any atom is 0.264 e. The van der Waals surface area contributed by atoms with Crippen LogP contribution in [0.1, 0.15) is 37.0 Å². The Bertz CT molecular complexity index is 1460. The molecule has 3 aromatic carbocycles. The summed E-state index contributed by atoms with van der Waals surface area (Å²) in [6.45, 7) is 7.45. The van der Waals surface area contributed by atoms with Gasteiger partial charge in [0.05, 0.1) is 24.8 Å². The SMILES string of the molecule is CCNC(=O)[C@H](CC)N(Cc1ccccc1C)C(=O)CN(c1ccc(OC)c(OC)c1)S(=O)(=O)c1ccc(C)cc1. The van der Waals surface area contributed by atoms with Gasteiger partial charge in [0.25, 0.3) is 10.0 Å². The van der Waals surface area contributed by atoms with Crippen LogP contribution in [0.15, 0.2) is 71.6 Å². The van der Waals surface area contributed by atoms with E-state index < -0.39 is 28.5 Å². The smallest absolute Gasteiger partial charge is 0.264 e. The number of nitrogens with zero attached hydrogens (tertiary/aromatic N) is 2. The van der Waals surface area contributed by atoms with Gasteiger partial charge in [-0.1, -0.05) is 48.9 Å². The molecule has 1 N–H and O–H groups in total. The Morgan fingerprint density at radius 2 is 1.56 bits per heavy atom. The molecule has 3 rings (SSSR count). The highest BCUT2D eigenvalue weighted by atomic mass is 32.2. The molecule has 0 saturated carbocycles. The van der Waals surface area contributed by atoms with Crippen LogP contribution >= 0.6 is 0 Å². The van der Waals surface area contributed by atoms with E-state index in [4.69, 9.17) is 9.47 Å². The molecule has 0 saturated heterocycles. The Labute approximate surface area is 243 Å². The largest absolute Gasteiger partial charge is 0.493 e. The van der Waals surface area contributed by atoms with Crippen molar-refractivity contribution in [2.24, 2.45) is 0 Å². The summed E-state index contributed by atoms with van der Waals surface area (Å²) < 4.78 is 39.9. The van der Waals surface area contributed by atoms with E-state index in [1.165, 1.54) is 37.3 Å². The first kappa shape index (κ1) is 31.5. The van der Waals surface area contributed by atoms with Crippen LogP contribution in [0.4, 0.5) is 5.69 Å². The van der Waals surface area contributed by atoms with Gasteiger partial charge < -0.3 is 19.7 Å². The number of hydrogen-bond donors (Lipinski definition) is 1. The minimum absolute atomic E-state index is 0.0342. The molecule has 0 bridgehead atoms. The molecule has 0 aliphatic carbocycles. The minimum Gasteiger partial charge on any atom is -0.493 e. The molecule has 41 heavy (non-hydrogen) atoms. The highest BCUT2D eigenvalue weighted by molar-refractivity contribution is 7.92. The lowest BCUT2D eigenvalue weighted by Crippen LogP contribution is -2.52. The van der Waals surface area contributed by atoms with E-state index >= 15 is 0 Å². The maximum absolute atomic E-state index is 14.1. The molecule has 0 aliphatic heterocycles. The second-order valence-corrected chi connectivity index (χ2v) is 11.5. The fourth-order valence-electron chi connectivity index (χ4n) is 4.53. The van der Waals surface area contributed by atoms with Gasteiger partial charge in [-0.2, -0.15) is 0 Å². The molecular weight excluding hydrogens is 542 g/mol. The number of hydrogen-bond acceptors (Lipinski definition) is 6. The van der Waals surface area contributed by atoms with Crippen molar-refractivity contribution in [1.82, 2.24) is 10.2 Å². The predicted octanol–water partition coefficient (Wildman–Crippen LogP) is 4.46. The summed E-state index contributed by atoms with van der Waals surface area (Å²) in [5.74, 6) is -0.0846. The van der Waals surface area contributed by atoms with E-state index in [2.05, 4.69) is 5.32 Å². The first-order valence-corrected chi connectivity index (χ1v) is 14.9. The Balaban J connectivity index is 2.13. The summed E-state index contributed by atoms with van der Waals surface area (Å²) >= 11 is 0. The molecule has 0 aliphatic rings. The van der Waals surface area contributed by atoms with Gasteiger partial charge in [0, 0.05) is 19.2 Å². The summed E-state index contributed by atoms with van der Waals surface area (Å²) in [4.78, 5) is 28.7. The van der Waals surface area contributed by atoms with Gasteiger partial charge in [0.2, 0.25) is 11.8 Å². The second-order valence-electron chi connectivity index (χ2n) is 9.63. The monoisotopic (exact) mass is 581 g/mol. The van der Waals surface area contributed by atoms with Crippen molar-refractivity contribution >= 4 is 27.5 Å². The molecule has 0 aromatic heterocycles. The minimum atomic E-state index is -4.20. The van der Waals surface area contributed by atoms with Crippen LogP contribution < -0.4 is 19.1 Å². The van der Waals surface area contributed by atoms with Crippen LogP contribution in [0.3, 0.4) is 0 Å². The number of ether oxygens (including phenoxy) is 2. The van der Waals surface area contributed by atoms with Gasteiger partial charge in [-0.25, -0.2) is 8.42 Å². The molecule has 0 heterocycles. The Kier molecular flexibility index (Phi) is 10.8. The lowest BCUT2D eigenvalue weighted by atomic mass is 10.1. The average Bonchev–Trinajstić information content (AvgIpc) is 2.96. The van der Waals surface area contributed by atoms with Crippen molar-refractivity contribution in [3.8, 4) is 11.5 Å². The number of rotatable bonds is 13. The third-order valence-corrected chi connectivity index (χ3v) is 8.67. The zero-order chi connectivity index (χ0) is 30.2. The number of aryl methyl sites for hydroxylation is 2. The maximum atomic E-state index is 14.1. The topological polar surface area (TPSA) is 105 Å². The van der Waals surface area contributed by atoms with Crippen LogP contribution in [-0.4, -0.2) is 58.5 Å². The van der Waals surface area contributed by atoms with E-state index in [9.17, 15) is 18.0 Å². The molecule has 0 fully saturated rings. The molecule has 0 spiro atoms. The Morgan fingerprint density at radius 1 is 0.902 bits per heavy atom. The van der Waals surface area contributed by atoms with Crippen LogP contribution in [0, 0.1) is 13.8 Å². The molecule has 3 aromatic rings. The molecule has 9 nitrogen and oxygen atoms in total. The van der Waals surface area contributed by atoms with Crippen molar-refractivity contribution < 1.29 is 27.5 Å². The van der Waals surface area contributed by atoms with Gasteiger partial charge in [0.1, 0.15) is 12.6 Å². The quantitative estimate of drug-likeness (QED) is 0.320. The van der Waals surface area contributed by atoms with Crippen molar-refractivity contribution in [3.05, 3.63) is 83.4 Å². The molecule has 10 heteroatoms. The van der Waals surface area contributed by atoms with Crippen molar-refractivity contribution in [3.63, 3.8) is 0 Å². The van der Waals surface area contributed by atoms with E-state index in [-0.39, 0.29) is 23.0 Å². The molecule has 0 unspecified atom stereocenters. The normalized spacial score (nSPS) is 11.9. The van der Waals surface area contributed by atoms with Crippen molar-refractivity contribution in [2.75, 3.05) is 31.6 Å². The molecule has 2 amide bonds. The lowest BCUT2D eigenvalue weighted by molar-refractivity contribution is -0.140. The Morgan fingerprint density at radius 3 is 2.15 bits per heavy atom. The Hall–Kier alpha value is -4.05. The van der Waals surface area contributed by atoms with Gasteiger partial charge in [-0.15, -0.1) is 0 Å². The fraction of sp³-hybridized carbons (Fsp3) is 0.355. The number of benzene rings is 3. The highest BCUT2D eigenvalue weighted by Crippen LogP contribution is 2.34. The zero-order valence-corrected chi connectivity index (χ0v) is 25.3. The van der Waals surface area contributed by atoms with Gasteiger partial charge in [-0.05, 0) is 62.6 Å². The van der Waals surface area contributed by atoms with Crippen molar-refractivity contribution in [1.29, 1.82) is 0 Å². The highest BCUT2D eigenvalue weighted by Gasteiger charge is 2.34. The summed E-state index contributed by atoms with van der Waals surface area (Å²) in [6.07, 6.45) is 0.352. The van der Waals surface area contributed by atoms with Crippen molar-refractivity contribution in [2.45, 2.75) is 51.6 Å². The second kappa shape index (κ2) is 14.0. The molecule has 1 atom stereocenters. The van der Waals surface area contributed by atoms with E-state index in [1.54, 1.807) is 24.3 Å². The van der Waals surface area contributed by atoms with Crippen LogP contribution in [-0.2, 0) is 26.2 Å². The number of nitrogens with one attached hydrogen (secondary N) is 1. The number of carbonyl (C=O) groups excluding carboxylic acids is 2. The number of carbonyl (C=O) groups is 2. The number of methoxy groups -OCH3 is 2. The van der Waals surface area contributed by atoms with Crippen LogP contribution in [0.25, 0.3) is 0 Å². The first-order valence-electron chi connectivity index (χ1n) is 13.5. The summed E-state index contributed by atoms with van der Waals surface area (Å²) in [5, 5.41) is 2.81. The third kappa shape index (κ3) is 7.38. The van der Waals surface area contributed by atoms with Gasteiger partial charge in [0.15, 0.2) is 11.5 Å². The zero-order valence-electron chi connectivity index (χ0n) is 24.5. The summed E-state index contributed by atoms with van der Waals surface area (Å²) in [5.41, 5.74) is 2.94. The van der Waals surface area contributed by atoms with E-state index in [1.807, 2.05) is 52.0 Å². The van der Waals surface area contributed by atoms with E-state index in [0.717, 1.165) is 21.0 Å². The third-order valence-electron chi connectivity index (χ3n) is 6.88.